The lowest BCUT2D eigenvalue weighted by Gasteiger charge is -2.22. The van der Waals surface area contributed by atoms with E-state index in [-0.39, 0.29) is 0 Å². The van der Waals surface area contributed by atoms with Gasteiger partial charge < -0.3 is 5.73 Å². The number of unbranched alkanes of at least 4 members (excludes halogenated alkanes) is 7. The largest absolute Gasteiger partial charge is 0.403 e. The molecule has 0 saturated carbocycles. The van der Waals surface area contributed by atoms with E-state index in [1.807, 2.05) is 0 Å². The molecule has 0 aromatic rings. The molecular weight excluding hydrogens is 239 g/mol. The fourth-order valence-electron chi connectivity index (χ4n) is 2.10. The normalized spacial score (nSPS) is 15.7. The molecule has 0 aromatic heterocycles. The minimum Gasteiger partial charge on any atom is -0.320 e. The third-order valence-electron chi connectivity index (χ3n) is 3.50. The first kappa shape index (κ1) is 17.8. The molecule has 0 saturated heterocycles. The highest BCUT2D eigenvalue weighted by Crippen LogP contribution is 2.26. The van der Waals surface area contributed by atoms with Gasteiger partial charge in [-0.25, -0.2) is 0 Å². The highest BCUT2D eigenvalue weighted by Gasteiger charge is 2.39. The summed E-state index contributed by atoms with van der Waals surface area (Å²) in [4.78, 5) is 0. The van der Waals surface area contributed by atoms with Gasteiger partial charge in [0, 0.05) is 0 Å². The number of halogens is 3. The summed E-state index contributed by atoms with van der Waals surface area (Å²) in [6, 6.07) is -1.66. The van der Waals surface area contributed by atoms with Crippen LogP contribution in [0.4, 0.5) is 13.2 Å². The van der Waals surface area contributed by atoms with E-state index in [0.29, 0.717) is 6.42 Å². The van der Waals surface area contributed by atoms with Gasteiger partial charge in [0.25, 0.3) is 0 Å². The third kappa shape index (κ3) is 8.78. The fraction of sp³-hybridized carbons (Fsp3) is 1.00. The van der Waals surface area contributed by atoms with Crippen molar-refractivity contribution in [2.24, 2.45) is 11.7 Å². The van der Waals surface area contributed by atoms with E-state index in [1.54, 1.807) is 6.92 Å². The quantitative estimate of drug-likeness (QED) is 0.551. The van der Waals surface area contributed by atoms with Crippen LogP contribution in [0.3, 0.4) is 0 Å². The number of rotatable bonds is 10. The molecule has 1 nitrogen and oxygen atoms in total. The van der Waals surface area contributed by atoms with Crippen LogP contribution in [0, 0.1) is 5.92 Å². The lowest BCUT2D eigenvalue weighted by atomic mass is 9.95. The van der Waals surface area contributed by atoms with Crippen LogP contribution >= 0.6 is 0 Å². The molecule has 0 aromatic carbocycles. The number of nitrogens with two attached hydrogens (primary N) is 1. The summed E-state index contributed by atoms with van der Waals surface area (Å²) in [6.45, 7) is 3.78. The van der Waals surface area contributed by atoms with Crippen LogP contribution in [0.15, 0.2) is 0 Å². The van der Waals surface area contributed by atoms with Gasteiger partial charge in [-0.15, -0.1) is 0 Å². The minimum atomic E-state index is -4.25. The molecule has 0 radical (unpaired) electrons. The minimum absolute atomic E-state index is 0.468. The van der Waals surface area contributed by atoms with Crippen molar-refractivity contribution in [1.82, 2.24) is 0 Å². The summed E-state index contributed by atoms with van der Waals surface area (Å²) in [5.74, 6) is -0.468. The number of hydrogen-bond donors (Lipinski definition) is 1. The molecule has 0 amide bonds. The molecule has 110 valence electrons. The van der Waals surface area contributed by atoms with Gasteiger partial charge in [0.15, 0.2) is 0 Å². The average Bonchev–Trinajstić information content (AvgIpc) is 2.30. The van der Waals surface area contributed by atoms with Crippen LogP contribution in [0.2, 0.25) is 0 Å². The van der Waals surface area contributed by atoms with Crippen LogP contribution in [-0.4, -0.2) is 12.2 Å². The Balaban J connectivity index is 3.43. The Hall–Kier alpha value is -0.250. The average molecular weight is 267 g/mol. The topological polar surface area (TPSA) is 26.0 Å². The second-order valence-electron chi connectivity index (χ2n) is 5.31. The van der Waals surface area contributed by atoms with Gasteiger partial charge in [0.05, 0.1) is 0 Å². The second kappa shape index (κ2) is 9.65. The first-order valence-corrected chi connectivity index (χ1v) is 7.21. The predicted octanol–water partition coefficient (Wildman–Crippen LogP) is 5.04. The summed E-state index contributed by atoms with van der Waals surface area (Å²) < 4.78 is 37.0. The predicted molar refractivity (Wildman–Crippen MR) is 70.4 cm³/mol. The summed E-state index contributed by atoms with van der Waals surface area (Å²) in [5.41, 5.74) is 5.17. The lowest BCUT2D eigenvalue weighted by molar-refractivity contribution is -0.158. The molecule has 18 heavy (non-hydrogen) atoms. The zero-order valence-corrected chi connectivity index (χ0v) is 11.7. The Morgan fingerprint density at radius 3 is 1.78 bits per heavy atom. The molecule has 0 rings (SSSR count). The zero-order valence-electron chi connectivity index (χ0n) is 11.7. The van der Waals surface area contributed by atoms with Gasteiger partial charge >= 0.3 is 6.18 Å². The molecule has 0 bridgehead atoms. The highest BCUT2D eigenvalue weighted by molar-refractivity contribution is 4.76. The van der Waals surface area contributed by atoms with E-state index < -0.39 is 18.1 Å². The summed E-state index contributed by atoms with van der Waals surface area (Å²) in [6.07, 6.45) is 5.63. The first-order valence-electron chi connectivity index (χ1n) is 7.21. The van der Waals surface area contributed by atoms with E-state index in [1.165, 1.54) is 32.1 Å². The van der Waals surface area contributed by atoms with Crippen molar-refractivity contribution in [2.45, 2.75) is 83.9 Å². The van der Waals surface area contributed by atoms with Crippen LogP contribution in [0.25, 0.3) is 0 Å². The lowest BCUT2D eigenvalue weighted by Crippen LogP contribution is -2.42. The van der Waals surface area contributed by atoms with Gasteiger partial charge in [-0.05, 0) is 12.3 Å². The summed E-state index contributed by atoms with van der Waals surface area (Å²) in [7, 11) is 0. The molecule has 0 fully saturated rings. The molecule has 0 spiro atoms. The van der Waals surface area contributed by atoms with Gasteiger partial charge in [-0.3, -0.25) is 0 Å². The molecular formula is C14H28F3N. The monoisotopic (exact) mass is 267 g/mol. The molecule has 2 N–H and O–H groups in total. The summed E-state index contributed by atoms with van der Waals surface area (Å²) in [5, 5.41) is 0. The van der Waals surface area contributed by atoms with Crippen LogP contribution in [0.1, 0.15) is 71.6 Å². The first-order chi connectivity index (χ1) is 8.39. The number of alkyl halides is 3. The van der Waals surface area contributed by atoms with E-state index in [4.69, 9.17) is 5.73 Å². The van der Waals surface area contributed by atoms with Crippen molar-refractivity contribution in [3.05, 3.63) is 0 Å². The molecule has 0 heterocycles. The highest BCUT2D eigenvalue weighted by atomic mass is 19.4. The Bertz CT molecular complexity index is 192. The molecule has 4 heteroatoms. The zero-order chi connectivity index (χ0) is 14.0. The molecule has 0 aliphatic carbocycles. The van der Waals surface area contributed by atoms with Crippen molar-refractivity contribution >= 4 is 0 Å². The molecule has 0 unspecified atom stereocenters. The maximum absolute atomic E-state index is 12.3. The van der Waals surface area contributed by atoms with Crippen molar-refractivity contribution in [1.29, 1.82) is 0 Å². The van der Waals surface area contributed by atoms with Gasteiger partial charge in [-0.2, -0.15) is 13.2 Å². The van der Waals surface area contributed by atoms with E-state index >= 15 is 0 Å². The molecule has 2 atom stereocenters. The van der Waals surface area contributed by atoms with E-state index in [9.17, 15) is 13.2 Å². The van der Waals surface area contributed by atoms with Gasteiger partial charge in [-0.1, -0.05) is 65.2 Å². The molecule has 0 aliphatic heterocycles. The van der Waals surface area contributed by atoms with E-state index in [0.717, 1.165) is 19.3 Å². The molecule has 0 aliphatic rings. The van der Waals surface area contributed by atoms with Crippen LogP contribution < -0.4 is 5.73 Å². The van der Waals surface area contributed by atoms with Crippen molar-refractivity contribution < 1.29 is 13.2 Å². The Morgan fingerprint density at radius 2 is 1.33 bits per heavy atom. The van der Waals surface area contributed by atoms with Crippen molar-refractivity contribution in [3.8, 4) is 0 Å². The summed E-state index contributed by atoms with van der Waals surface area (Å²) >= 11 is 0. The standard InChI is InChI=1S/C14H28F3N/c1-3-4-5-6-7-8-9-10-11-12(2)13(18)14(15,16)17/h12-13H,3-11,18H2,1-2H3/t12-,13-/m0/s1. The third-order valence-corrected chi connectivity index (χ3v) is 3.50. The SMILES string of the molecule is CCCCCCCCCC[C@H](C)[C@H](N)C(F)(F)F. The fourth-order valence-corrected chi connectivity index (χ4v) is 2.10. The maximum Gasteiger partial charge on any atom is 0.403 e. The smallest absolute Gasteiger partial charge is 0.320 e. The Morgan fingerprint density at radius 1 is 0.889 bits per heavy atom. The number of hydrogen-bond acceptors (Lipinski definition) is 1. The van der Waals surface area contributed by atoms with Crippen LogP contribution in [0.5, 0.6) is 0 Å². The van der Waals surface area contributed by atoms with Gasteiger partial charge in [0.2, 0.25) is 0 Å². The second-order valence-corrected chi connectivity index (χ2v) is 5.31. The van der Waals surface area contributed by atoms with E-state index in [2.05, 4.69) is 6.92 Å². The van der Waals surface area contributed by atoms with Crippen molar-refractivity contribution in [2.75, 3.05) is 0 Å². The van der Waals surface area contributed by atoms with Gasteiger partial charge in [0.1, 0.15) is 6.04 Å². The van der Waals surface area contributed by atoms with Crippen molar-refractivity contribution in [3.63, 3.8) is 0 Å². The Kier molecular flexibility index (Phi) is 9.52. The Labute approximate surface area is 109 Å². The maximum atomic E-state index is 12.3. The van der Waals surface area contributed by atoms with Crippen LogP contribution in [-0.2, 0) is 0 Å².